The Morgan fingerprint density at radius 3 is 1.64 bits per heavy atom. The molecular formula is C28H44. The summed E-state index contributed by atoms with van der Waals surface area (Å²) in [5.74, 6) is 0. The zero-order valence-corrected chi connectivity index (χ0v) is 20.2. The first kappa shape index (κ1) is 28.1. The molecule has 0 aliphatic carbocycles. The molecule has 1 aromatic carbocycles. The predicted octanol–water partition coefficient (Wildman–Crippen LogP) is 9.12. The lowest BCUT2D eigenvalue weighted by atomic mass is 9.72. The highest BCUT2D eigenvalue weighted by molar-refractivity contribution is 5.46. The molecule has 0 bridgehead atoms. The second-order valence-electron chi connectivity index (χ2n) is 7.14. The minimum Gasteiger partial charge on any atom is -0.0991 e. The summed E-state index contributed by atoms with van der Waals surface area (Å²) in [6, 6.07) is 8.90. The zero-order valence-electron chi connectivity index (χ0n) is 20.2. The van der Waals surface area contributed by atoms with Crippen LogP contribution in [0.4, 0.5) is 0 Å². The van der Waals surface area contributed by atoms with Gasteiger partial charge in [0.25, 0.3) is 0 Å². The van der Waals surface area contributed by atoms with E-state index >= 15 is 0 Å². The Labute approximate surface area is 176 Å². The molecule has 0 unspecified atom stereocenters. The Balaban J connectivity index is 0. The fourth-order valence-corrected chi connectivity index (χ4v) is 3.13. The van der Waals surface area contributed by atoms with Gasteiger partial charge in [-0.25, -0.2) is 0 Å². The molecule has 28 heavy (non-hydrogen) atoms. The molecule has 0 fully saturated rings. The molecule has 156 valence electrons. The maximum absolute atomic E-state index is 3.97. The average molecular weight is 381 g/mol. The fraction of sp³-hybridized carbons (Fsp3) is 0.429. The Bertz CT molecular complexity index is 676. The van der Waals surface area contributed by atoms with Crippen molar-refractivity contribution in [3.63, 3.8) is 0 Å². The Morgan fingerprint density at radius 1 is 0.821 bits per heavy atom. The van der Waals surface area contributed by atoms with Crippen LogP contribution in [0.25, 0.3) is 0 Å². The van der Waals surface area contributed by atoms with Crippen LogP contribution < -0.4 is 0 Å². The highest BCUT2D eigenvalue weighted by Crippen LogP contribution is 2.37. The van der Waals surface area contributed by atoms with Crippen molar-refractivity contribution in [2.24, 2.45) is 0 Å². The first-order valence-corrected chi connectivity index (χ1v) is 10.6. The molecule has 0 spiro atoms. The van der Waals surface area contributed by atoms with E-state index in [1.807, 2.05) is 45.9 Å². The fourth-order valence-electron chi connectivity index (χ4n) is 3.13. The molecule has 0 aromatic heterocycles. The van der Waals surface area contributed by atoms with E-state index < -0.39 is 0 Å². The summed E-state index contributed by atoms with van der Waals surface area (Å²) in [6.45, 7) is 29.0. The monoisotopic (exact) mass is 380 g/mol. The topological polar surface area (TPSA) is 0 Å². The lowest BCUT2D eigenvalue weighted by molar-refractivity contribution is 0.615. The van der Waals surface area contributed by atoms with E-state index in [0.717, 1.165) is 0 Å². The third-order valence-electron chi connectivity index (χ3n) is 4.92. The molecular weight excluding hydrogens is 336 g/mol. The number of allylic oxidation sites excluding steroid dienone is 8. The second-order valence-corrected chi connectivity index (χ2v) is 7.14. The summed E-state index contributed by atoms with van der Waals surface area (Å²) in [6.07, 6.45) is 12.3. The van der Waals surface area contributed by atoms with Gasteiger partial charge in [-0.15, -0.1) is 0 Å². The van der Waals surface area contributed by atoms with Crippen molar-refractivity contribution in [2.75, 3.05) is 0 Å². The summed E-state index contributed by atoms with van der Waals surface area (Å²) in [5, 5.41) is 0. The van der Waals surface area contributed by atoms with Crippen LogP contribution in [-0.4, -0.2) is 0 Å². The first-order valence-electron chi connectivity index (χ1n) is 10.6. The lowest BCUT2D eigenvalue weighted by Gasteiger charge is -2.31. The van der Waals surface area contributed by atoms with Gasteiger partial charge < -0.3 is 0 Å². The van der Waals surface area contributed by atoms with Crippen LogP contribution in [0.3, 0.4) is 0 Å². The van der Waals surface area contributed by atoms with Gasteiger partial charge in [-0.2, -0.15) is 0 Å². The van der Waals surface area contributed by atoms with Gasteiger partial charge in [-0.1, -0.05) is 129 Å². The summed E-state index contributed by atoms with van der Waals surface area (Å²) in [5.41, 5.74) is 4.96. The number of hydrogen-bond donors (Lipinski definition) is 0. The molecule has 0 radical (unpaired) electrons. The highest BCUT2D eigenvalue weighted by atomic mass is 14.3. The number of rotatable bonds is 7. The third-order valence-corrected chi connectivity index (χ3v) is 4.92. The standard InChI is InChI=1S/C24H32.2C2H6/c1-9-14-19(11-3)23(5,6)21-16-13-17-22(18-21)24(7,8)20(12-4)15-10-2;2*1-2/h9-18H,1,3H2,2,4-8H3;2*1-2H3/b15-10-,19-14+,20-12+;;. The smallest absolute Gasteiger partial charge is 0.0146 e. The molecule has 0 saturated heterocycles. The highest BCUT2D eigenvalue weighted by Gasteiger charge is 2.28. The van der Waals surface area contributed by atoms with E-state index in [0.29, 0.717) is 0 Å². The maximum Gasteiger partial charge on any atom is 0.0146 e. The van der Waals surface area contributed by atoms with Crippen molar-refractivity contribution in [1.29, 1.82) is 0 Å². The van der Waals surface area contributed by atoms with Crippen molar-refractivity contribution in [3.05, 3.63) is 96.2 Å². The quantitative estimate of drug-likeness (QED) is 0.414. The lowest BCUT2D eigenvalue weighted by Crippen LogP contribution is -2.23. The summed E-state index contributed by atoms with van der Waals surface area (Å²) in [4.78, 5) is 0. The van der Waals surface area contributed by atoms with Crippen LogP contribution in [0.1, 0.15) is 80.4 Å². The normalized spacial score (nSPS) is 12.5. The average Bonchev–Trinajstić information content (AvgIpc) is 2.72. The van der Waals surface area contributed by atoms with Crippen molar-refractivity contribution < 1.29 is 0 Å². The maximum atomic E-state index is 3.97. The molecule has 0 heterocycles. The van der Waals surface area contributed by atoms with Crippen LogP contribution >= 0.6 is 0 Å². The molecule has 1 aromatic rings. The molecule has 0 amide bonds. The van der Waals surface area contributed by atoms with Crippen LogP contribution in [0.5, 0.6) is 0 Å². The number of hydrogen-bond acceptors (Lipinski definition) is 0. The molecule has 0 aliphatic rings. The van der Waals surface area contributed by atoms with E-state index in [1.165, 1.54) is 22.3 Å². The van der Waals surface area contributed by atoms with Crippen molar-refractivity contribution >= 4 is 0 Å². The Hall–Kier alpha value is -2.08. The van der Waals surface area contributed by atoms with E-state index in [2.05, 4.69) is 97.2 Å². The SMILES string of the molecule is C=C/C=C(\C=C)C(C)(C)c1cccc(C(C)(C)C(/C=C\C)=C/C)c1.CC.CC. The van der Waals surface area contributed by atoms with E-state index in [1.54, 1.807) is 0 Å². The van der Waals surface area contributed by atoms with Crippen molar-refractivity contribution in [2.45, 2.75) is 80.1 Å². The summed E-state index contributed by atoms with van der Waals surface area (Å²) >= 11 is 0. The van der Waals surface area contributed by atoms with Gasteiger partial charge in [0, 0.05) is 10.8 Å². The van der Waals surface area contributed by atoms with Crippen molar-refractivity contribution in [3.8, 4) is 0 Å². The van der Waals surface area contributed by atoms with Crippen LogP contribution in [0.2, 0.25) is 0 Å². The van der Waals surface area contributed by atoms with Gasteiger partial charge in [0.1, 0.15) is 0 Å². The molecule has 0 heteroatoms. The Morgan fingerprint density at radius 2 is 1.29 bits per heavy atom. The second kappa shape index (κ2) is 14.0. The van der Waals surface area contributed by atoms with Crippen LogP contribution in [0.15, 0.2) is 85.0 Å². The van der Waals surface area contributed by atoms with E-state index in [4.69, 9.17) is 0 Å². The summed E-state index contributed by atoms with van der Waals surface area (Å²) < 4.78 is 0. The van der Waals surface area contributed by atoms with Gasteiger partial charge in [0.2, 0.25) is 0 Å². The zero-order chi connectivity index (χ0) is 22.4. The first-order chi connectivity index (χ1) is 13.2. The van der Waals surface area contributed by atoms with Gasteiger partial charge in [-0.05, 0) is 36.1 Å². The molecule has 0 atom stereocenters. The predicted molar refractivity (Wildman–Crippen MR) is 132 cm³/mol. The Kier molecular flexibility index (Phi) is 14.1. The minimum absolute atomic E-state index is 0.0379. The van der Waals surface area contributed by atoms with Gasteiger partial charge in [0.15, 0.2) is 0 Å². The molecule has 0 aliphatic heterocycles. The van der Waals surface area contributed by atoms with Crippen molar-refractivity contribution in [1.82, 2.24) is 0 Å². The molecule has 0 nitrogen and oxygen atoms in total. The van der Waals surface area contributed by atoms with E-state index in [9.17, 15) is 0 Å². The van der Waals surface area contributed by atoms with Gasteiger partial charge in [0.05, 0.1) is 0 Å². The summed E-state index contributed by atoms with van der Waals surface area (Å²) in [7, 11) is 0. The largest absolute Gasteiger partial charge is 0.0991 e. The van der Waals surface area contributed by atoms with E-state index in [-0.39, 0.29) is 10.8 Å². The van der Waals surface area contributed by atoms with Crippen LogP contribution in [0, 0.1) is 0 Å². The number of benzene rings is 1. The molecule has 1 rings (SSSR count). The van der Waals surface area contributed by atoms with Gasteiger partial charge >= 0.3 is 0 Å². The minimum atomic E-state index is -0.112. The van der Waals surface area contributed by atoms with Crippen LogP contribution in [-0.2, 0) is 10.8 Å². The van der Waals surface area contributed by atoms with Gasteiger partial charge in [-0.3, -0.25) is 0 Å². The third kappa shape index (κ3) is 7.15. The molecule has 0 N–H and O–H groups in total. The molecule has 0 saturated carbocycles.